The van der Waals surface area contributed by atoms with Gasteiger partial charge in [-0.1, -0.05) is 30.3 Å². The number of hydrogen-bond donors (Lipinski definition) is 1. The molecule has 19 heavy (non-hydrogen) atoms. The summed E-state index contributed by atoms with van der Waals surface area (Å²) < 4.78 is 24.3. The van der Waals surface area contributed by atoms with Gasteiger partial charge in [-0.25, -0.2) is 13.6 Å². The Hall–Kier alpha value is -1.66. The van der Waals surface area contributed by atoms with E-state index in [-0.39, 0.29) is 4.90 Å². The van der Waals surface area contributed by atoms with Crippen LogP contribution in [-0.2, 0) is 23.0 Å². The predicted octanol–water partition coefficient (Wildman–Crippen LogP) is 1.47. The summed E-state index contributed by atoms with van der Waals surface area (Å²) in [6.45, 7) is 2.39. The summed E-state index contributed by atoms with van der Waals surface area (Å²) in [5, 5.41) is 9.18. The second-order valence-electron chi connectivity index (χ2n) is 4.45. The fraction of sp³-hybridized carbons (Fsp3) is 0.308. The standard InChI is InChI=1S/C13H17N3O2S/c1-11-13(19(14,17)18)10-15-16(11)9-5-8-12-6-3-2-4-7-12/h2-4,6-7,10H,5,8-9H2,1H3,(H2,14,17,18). The SMILES string of the molecule is Cc1c(S(N)(=O)=O)cnn1CCCc1ccccc1. The lowest BCUT2D eigenvalue weighted by molar-refractivity contribution is 0.561. The van der Waals surface area contributed by atoms with Crippen molar-refractivity contribution in [1.29, 1.82) is 0 Å². The van der Waals surface area contributed by atoms with Crippen LogP contribution in [0.1, 0.15) is 17.7 Å². The van der Waals surface area contributed by atoms with Gasteiger partial charge in [0.25, 0.3) is 0 Å². The molecule has 0 saturated heterocycles. The molecule has 2 N–H and O–H groups in total. The molecule has 0 aliphatic carbocycles. The van der Waals surface area contributed by atoms with Crippen molar-refractivity contribution in [1.82, 2.24) is 9.78 Å². The highest BCUT2D eigenvalue weighted by atomic mass is 32.2. The van der Waals surface area contributed by atoms with E-state index in [2.05, 4.69) is 17.2 Å². The van der Waals surface area contributed by atoms with Crippen LogP contribution in [-0.4, -0.2) is 18.2 Å². The Morgan fingerprint density at radius 3 is 2.53 bits per heavy atom. The molecule has 6 heteroatoms. The third kappa shape index (κ3) is 3.42. The van der Waals surface area contributed by atoms with Gasteiger partial charge in [0.1, 0.15) is 4.90 Å². The maximum Gasteiger partial charge on any atom is 0.241 e. The normalized spacial score (nSPS) is 11.7. The van der Waals surface area contributed by atoms with Gasteiger partial charge in [-0.05, 0) is 25.3 Å². The number of nitrogens with zero attached hydrogens (tertiary/aromatic N) is 2. The van der Waals surface area contributed by atoms with Gasteiger partial charge in [-0.15, -0.1) is 0 Å². The van der Waals surface area contributed by atoms with Gasteiger partial charge in [-0.3, -0.25) is 4.68 Å². The van der Waals surface area contributed by atoms with E-state index in [0.717, 1.165) is 12.8 Å². The van der Waals surface area contributed by atoms with Crippen molar-refractivity contribution in [3.05, 3.63) is 47.8 Å². The first kappa shape index (κ1) is 13.8. The summed E-state index contributed by atoms with van der Waals surface area (Å²) in [6.07, 6.45) is 3.15. The molecule has 5 nitrogen and oxygen atoms in total. The van der Waals surface area contributed by atoms with E-state index in [1.807, 2.05) is 18.2 Å². The van der Waals surface area contributed by atoms with E-state index >= 15 is 0 Å². The number of rotatable bonds is 5. The summed E-state index contributed by atoms with van der Waals surface area (Å²) >= 11 is 0. The molecule has 102 valence electrons. The van der Waals surface area contributed by atoms with Gasteiger partial charge < -0.3 is 0 Å². The van der Waals surface area contributed by atoms with Crippen LogP contribution in [0.3, 0.4) is 0 Å². The molecule has 0 aliphatic rings. The zero-order valence-corrected chi connectivity index (χ0v) is 11.6. The Morgan fingerprint density at radius 1 is 1.26 bits per heavy atom. The molecule has 0 bridgehead atoms. The van der Waals surface area contributed by atoms with Gasteiger partial charge in [-0.2, -0.15) is 5.10 Å². The second kappa shape index (κ2) is 5.54. The van der Waals surface area contributed by atoms with E-state index in [1.54, 1.807) is 11.6 Å². The molecular formula is C13H17N3O2S. The zero-order valence-electron chi connectivity index (χ0n) is 10.8. The predicted molar refractivity (Wildman–Crippen MR) is 73.1 cm³/mol. The molecule has 1 aromatic carbocycles. The molecule has 0 atom stereocenters. The molecule has 1 heterocycles. The van der Waals surface area contributed by atoms with Crippen molar-refractivity contribution in [2.75, 3.05) is 0 Å². The molecule has 0 unspecified atom stereocenters. The maximum atomic E-state index is 11.3. The number of aromatic nitrogens is 2. The number of aryl methyl sites for hydroxylation is 2. The van der Waals surface area contributed by atoms with E-state index in [9.17, 15) is 8.42 Å². The van der Waals surface area contributed by atoms with Crippen molar-refractivity contribution in [3.8, 4) is 0 Å². The number of benzene rings is 1. The lowest BCUT2D eigenvalue weighted by Crippen LogP contribution is -2.13. The van der Waals surface area contributed by atoms with E-state index in [1.165, 1.54) is 11.8 Å². The van der Waals surface area contributed by atoms with Crippen LogP contribution < -0.4 is 5.14 Å². The average molecular weight is 279 g/mol. The number of primary sulfonamides is 1. The third-order valence-corrected chi connectivity index (χ3v) is 4.06. The summed E-state index contributed by atoms with van der Waals surface area (Å²) in [5.74, 6) is 0. The number of hydrogen-bond acceptors (Lipinski definition) is 3. The topological polar surface area (TPSA) is 78.0 Å². The van der Waals surface area contributed by atoms with Crippen LogP contribution in [0.15, 0.2) is 41.4 Å². The Balaban J connectivity index is 2.00. The van der Waals surface area contributed by atoms with Crippen molar-refractivity contribution < 1.29 is 8.42 Å². The highest BCUT2D eigenvalue weighted by Gasteiger charge is 2.15. The molecule has 0 aliphatic heterocycles. The summed E-state index contributed by atoms with van der Waals surface area (Å²) in [6, 6.07) is 10.2. The van der Waals surface area contributed by atoms with Crippen molar-refractivity contribution >= 4 is 10.0 Å². The number of nitrogens with two attached hydrogens (primary N) is 1. The van der Waals surface area contributed by atoms with Crippen molar-refractivity contribution in [3.63, 3.8) is 0 Å². The fourth-order valence-corrected chi connectivity index (χ4v) is 2.72. The van der Waals surface area contributed by atoms with Crippen LogP contribution >= 0.6 is 0 Å². The Bertz CT molecular complexity index is 648. The molecule has 0 radical (unpaired) electrons. The molecule has 0 amide bonds. The molecule has 1 aromatic heterocycles. The third-order valence-electron chi connectivity index (χ3n) is 3.04. The van der Waals surface area contributed by atoms with Crippen LogP contribution in [0.5, 0.6) is 0 Å². The first-order valence-electron chi connectivity index (χ1n) is 6.07. The second-order valence-corrected chi connectivity index (χ2v) is 5.98. The average Bonchev–Trinajstić information content (AvgIpc) is 2.72. The molecule has 0 spiro atoms. The Kier molecular flexibility index (Phi) is 4.01. The fourth-order valence-electron chi connectivity index (χ4n) is 2.01. The monoisotopic (exact) mass is 279 g/mol. The van der Waals surface area contributed by atoms with Gasteiger partial charge >= 0.3 is 0 Å². The van der Waals surface area contributed by atoms with Gasteiger partial charge in [0.05, 0.1) is 11.9 Å². The highest BCUT2D eigenvalue weighted by molar-refractivity contribution is 7.89. The molecular weight excluding hydrogens is 262 g/mol. The van der Waals surface area contributed by atoms with Crippen molar-refractivity contribution in [2.24, 2.45) is 5.14 Å². The molecule has 2 aromatic rings. The van der Waals surface area contributed by atoms with Crippen LogP contribution in [0.4, 0.5) is 0 Å². The lowest BCUT2D eigenvalue weighted by atomic mass is 10.1. The van der Waals surface area contributed by atoms with Crippen LogP contribution in [0.2, 0.25) is 0 Å². The van der Waals surface area contributed by atoms with Gasteiger partial charge in [0.2, 0.25) is 10.0 Å². The minimum atomic E-state index is -3.67. The molecule has 0 fully saturated rings. The minimum absolute atomic E-state index is 0.104. The summed E-state index contributed by atoms with van der Waals surface area (Å²) in [4.78, 5) is 0.104. The van der Waals surface area contributed by atoms with Crippen LogP contribution in [0.25, 0.3) is 0 Å². The smallest absolute Gasteiger partial charge is 0.241 e. The summed E-state index contributed by atoms with van der Waals surface area (Å²) in [5.41, 5.74) is 1.86. The van der Waals surface area contributed by atoms with E-state index < -0.39 is 10.0 Å². The Morgan fingerprint density at radius 2 is 1.95 bits per heavy atom. The largest absolute Gasteiger partial charge is 0.268 e. The number of sulfonamides is 1. The van der Waals surface area contributed by atoms with Gasteiger partial charge in [0.15, 0.2) is 0 Å². The van der Waals surface area contributed by atoms with Gasteiger partial charge in [0, 0.05) is 6.54 Å². The quantitative estimate of drug-likeness (QED) is 0.900. The zero-order chi connectivity index (χ0) is 13.9. The highest BCUT2D eigenvalue weighted by Crippen LogP contribution is 2.13. The van der Waals surface area contributed by atoms with Crippen molar-refractivity contribution in [2.45, 2.75) is 31.2 Å². The van der Waals surface area contributed by atoms with E-state index in [4.69, 9.17) is 5.14 Å². The molecule has 2 rings (SSSR count). The first-order valence-corrected chi connectivity index (χ1v) is 7.62. The van der Waals surface area contributed by atoms with E-state index in [0.29, 0.717) is 12.2 Å². The lowest BCUT2D eigenvalue weighted by Gasteiger charge is -2.05. The maximum absolute atomic E-state index is 11.3. The Labute approximate surface area is 113 Å². The van der Waals surface area contributed by atoms with Crippen LogP contribution in [0, 0.1) is 6.92 Å². The molecule has 0 saturated carbocycles. The first-order chi connectivity index (χ1) is 8.98. The minimum Gasteiger partial charge on any atom is -0.268 e. The summed E-state index contributed by atoms with van der Waals surface area (Å²) in [7, 11) is -3.67.